The summed E-state index contributed by atoms with van der Waals surface area (Å²) in [5.41, 5.74) is 5.31. The van der Waals surface area contributed by atoms with Crippen LogP contribution < -0.4 is 16.4 Å². The molecule has 0 aliphatic heterocycles. The van der Waals surface area contributed by atoms with Gasteiger partial charge in [-0.15, -0.1) is 0 Å². The van der Waals surface area contributed by atoms with Gasteiger partial charge in [-0.3, -0.25) is 9.59 Å². The van der Waals surface area contributed by atoms with E-state index >= 15 is 0 Å². The van der Waals surface area contributed by atoms with Crippen molar-refractivity contribution in [3.8, 4) is 0 Å². The lowest BCUT2D eigenvalue weighted by Gasteiger charge is -2.14. The highest BCUT2D eigenvalue weighted by molar-refractivity contribution is 5.89. The molecule has 4 N–H and O–H groups in total. The summed E-state index contributed by atoms with van der Waals surface area (Å²) in [7, 11) is 0. The number of hydrogen-bond donors (Lipinski definition) is 3. The maximum Gasteiger partial charge on any atom is 0.242 e. The maximum absolute atomic E-state index is 11.1. The van der Waals surface area contributed by atoms with Crippen LogP contribution in [0.4, 0.5) is 0 Å². The zero-order chi connectivity index (χ0) is 10.4. The standard InChI is InChI=1S/C8H17N3O2/c1-4-10-8(13)6(3)11-7(12)5(2)9/h5-6H,4,9H2,1-3H3,(H,10,13)(H,11,12)/t5-,6?/m1/s1. The van der Waals surface area contributed by atoms with Crippen molar-refractivity contribution in [3.05, 3.63) is 0 Å². The Labute approximate surface area is 78.1 Å². The predicted molar refractivity (Wildman–Crippen MR) is 49.9 cm³/mol. The molecule has 0 aromatic carbocycles. The third-order valence-electron chi connectivity index (χ3n) is 1.52. The van der Waals surface area contributed by atoms with Crippen molar-refractivity contribution in [1.29, 1.82) is 0 Å². The number of amides is 2. The number of likely N-dealkylation sites (N-methyl/N-ethyl adjacent to an activating group) is 1. The molecule has 0 spiro atoms. The molecule has 0 aliphatic carbocycles. The van der Waals surface area contributed by atoms with Gasteiger partial charge in [-0.1, -0.05) is 0 Å². The molecule has 5 nitrogen and oxygen atoms in total. The molecule has 0 saturated heterocycles. The highest BCUT2D eigenvalue weighted by Crippen LogP contribution is 1.84. The van der Waals surface area contributed by atoms with Crippen LogP contribution in [0.3, 0.4) is 0 Å². The Morgan fingerprint density at radius 3 is 2.23 bits per heavy atom. The molecule has 0 aliphatic rings. The van der Waals surface area contributed by atoms with E-state index in [1.807, 2.05) is 6.92 Å². The van der Waals surface area contributed by atoms with E-state index in [-0.39, 0.29) is 11.8 Å². The second kappa shape index (κ2) is 5.53. The third kappa shape index (κ3) is 4.47. The molecule has 76 valence electrons. The van der Waals surface area contributed by atoms with Crippen LogP contribution >= 0.6 is 0 Å². The molecule has 0 aromatic heterocycles. The Kier molecular flexibility index (Phi) is 5.06. The van der Waals surface area contributed by atoms with Crippen LogP contribution in [0.25, 0.3) is 0 Å². The largest absolute Gasteiger partial charge is 0.355 e. The molecule has 1 unspecified atom stereocenters. The first-order valence-electron chi connectivity index (χ1n) is 4.32. The molecule has 13 heavy (non-hydrogen) atoms. The Morgan fingerprint density at radius 1 is 1.31 bits per heavy atom. The molecule has 0 saturated carbocycles. The van der Waals surface area contributed by atoms with E-state index in [4.69, 9.17) is 5.73 Å². The fourth-order valence-corrected chi connectivity index (χ4v) is 0.738. The first-order valence-corrected chi connectivity index (χ1v) is 4.32. The Morgan fingerprint density at radius 2 is 1.85 bits per heavy atom. The van der Waals surface area contributed by atoms with Crippen molar-refractivity contribution in [2.75, 3.05) is 6.54 Å². The molecule has 5 heteroatoms. The van der Waals surface area contributed by atoms with Crippen molar-refractivity contribution >= 4 is 11.8 Å². The van der Waals surface area contributed by atoms with Gasteiger partial charge in [0, 0.05) is 6.54 Å². The number of nitrogens with one attached hydrogen (secondary N) is 2. The molecular weight excluding hydrogens is 170 g/mol. The molecule has 0 radical (unpaired) electrons. The van der Waals surface area contributed by atoms with Crippen molar-refractivity contribution in [2.45, 2.75) is 32.9 Å². The fourth-order valence-electron chi connectivity index (χ4n) is 0.738. The van der Waals surface area contributed by atoms with Crippen LogP contribution in [-0.4, -0.2) is 30.4 Å². The lowest BCUT2D eigenvalue weighted by Crippen LogP contribution is -2.49. The quantitative estimate of drug-likeness (QED) is 0.526. The van der Waals surface area contributed by atoms with Gasteiger partial charge in [0.25, 0.3) is 0 Å². The topological polar surface area (TPSA) is 84.2 Å². The summed E-state index contributed by atoms with van der Waals surface area (Å²) in [6.07, 6.45) is 0. The molecule has 0 bridgehead atoms. The Balaban J connectivity index is 3.92. The molecular formula is C8H17N3O2. The van der Waals surface area contributed by atoms with E-state index in [1.165, 1.54) is 0 Å². The van der Waals surface area contributed by atoms with E-state index in [2.05, 4.69) is 10.6 Å². The Bertz CT molecular complexity index is 192. The average Bonchev–Trinajstić information content (AvgIpc) is 2.04. The lowest BCUT2D eigenvalue weighted by molar-refractivity contribution is -0.128. The van der Waals surface area contributed by atoms with Gasteiger partial charge in [-0.05, 0) is 20.8 Å². The van der Waals surface area contributed by atoms with Gasteiger partial charge in [0.15, 0.2) is 0 Å². The minimum Gasteiger partial charge on any atom is -0.355 e. The monoisotopic (exact) mass is 187 g/mol. The second-order valence-electron chi connectivity index (χ2n) is 2.91. The highest BCUT2D eigenvalue weighted by atomic mass is 16.2. The van der Waals surface area contributed by atoms with Gasteiger partial charge >= 0.3 is 0 Å². The van der Waals surface area contributed by atoms with E-state index in [0.29, 0.717) is 6.54 Å². The summed E-state index contributed by atoms with van der Waals surface area (Å²) < 4.78 is 0. The van der Waals surface area contributed by atoms with Gasteiger partial charge < -0.3 is 16.4 Å². The molecule has 0 rings (SSSR count). The van der Waals surface area contributed by atoms with Crippen molar-refractivity contribution in [1.82, 2.24) is 10.6 Å². The highest BCUT2D eigenvalue weighted by Gasteiger charge is 2.16. The molecule has 0 heterocycles. The third-order valence-corrected chi connectivity index (χ3v) is 1.52. The van der Waals surface area contributed by atoms with Crippen LogP contribution in [0.5, 0.6) is 0 Å². The minimum atomic E-state index is -0.586. The van der Waals surface area contributed by atoms with E-state index in [9.17, 15) is 9.59 Å². The van der Waals surface area contributed by atoms with Crippen LogP contribution in [0.2, 0.25) is 0 Å². The number of rotatable bonds is 4. The molecule has 0 aromatic rings. The predicted octanol–water partition coefficient (Wildman–Crippen LogP) is -1.03. The van der Waals surface area contributed by atoms with Gasteiger partial charge in [0.05, 0.1) is 6.04 Å². The average molecular weight is 187 g/mol. The van der Waals surface area contributed by atoms with Crippen molar-refractivity contribution in [2.24, 2.45) is 5.73 Å². The number of hydrogen-bond acceptors (Lipinski definition) is 3. The summed E-state index contributed by atoms with van der Waals surface area (Å²) in [4.78, 5) is 22.2. The van der Waals surface area contributed by atoms with Crippen LogP contribution in [0.15, 0.2) is 0 Å². The summed E-state index contributed by atoms with van der Waals surface area (Å²) in [5, 5.41) is 5.08. The van der Waals surface area contributed by atoms with Crippen molar-refractivity contribution in [3.63, 3.8) is 0 Å². The minimum absolute atomic E-state index is 0.198. The number of carbonyl (C=O) groups is 2. The molecule has 2 atom stereocenters. The smallest absolute Gasteiger partial charge is 0.242 e. The van der Waals surface area contributed by atoms with Gasteiger partial charge in [0.2, 0.25) is 11.8 Å². The first kappa shape index (κ1) is 11.9. The van der Waals surface area contributed by atoms with Gasteiger partial charge in [-0.25, -0.2) is 0 Å². The number of nitrogens with two attached hydrogens (primary N) is 1. The van der Waals surface area contributed by atoms with Gasteiger partial charge in [-0.2, -0.15) is 0 Å². The zero-order valence-electron chi connectivity index (χ0n) is 8.26. The van der Waals surface area contributed by atoms with E-state index < -0.39 is 12.1 Å². The summed E-state index contributed by atoms with van der Waals surface area (Å²) in [5.74, 6) is -0.518. The van der Waals surface area contributed by atoms with Crippen molar-refractivity contribution < 1.29 is 9.59 Å². The van der Waals surface area contributed by atoms with Crippen LogP contribution in [0, 0.1) is 0 Å². The lowest BCUT2D eigenvalue weighted by atomic mass is 10.2. The second-order valence-corrected chi connectivity index (χ2v) is 2.91. The van der Waals surface area contributed by atoms with Crippen LogP contribution in [0.1, 0.15) is 20.8 Å². The fraction of sp³-hybridized carbons (Fsp3) is 0.750. The summed E-state index contributed by atoms with van der Waals surface area (Å²) in [6, 6.07) is -1.12. The van der Waals surface area contributed by atoms with E-state index in [1.54, 1.807) is 13.8 Å². The Hall–Kier alpha value is -1.10. The maximum atomic E-state index is 11.1. The van der Waals surface area contributed by atoms with E-state index in [0.717, 1.165) is 0 Å². The summed E-state index contributed by atoms with van der Waals surface area (Å²) in [6.45, 7) is 5.56. The van der Waals surface area contributed by atoms with Gasteiger partial charge in [0.1, 0.15) is 6.04 Å². The molecule has 0 fully saturated rings. The zero-order valence-corrected chi connectivity index (χ0v) is 8.26. The number of carbonyl (C=O) groups excluding carboxylic acids is 2. The SMILES string of the molecule is CCNC(=O)C(C)NC(=O)[C@@H](C)N. The normalized spacial score (nSPS) is 14.5. The first-order chi connectivity index (χ1) is 5.99. The summed E-state index contributed by atoms with van der Waals surface area (Å²) >= 11 is 0. The molecule has 2 amide bonds. The van der Waals surface area contributed by atoms with Crippen LogP contribution in [-0.2, 0) is 9.59 Å².